The van der Waals surface area contributed by atoms with Gasteiger partial charge in [-0.3, -0.25) is 0 Å². The van der Waals surface area contributed by atoms with Crippen LogP contribution in [-0.2, 0) is 12.8 Å². The van der Waals surface area contributed by atoms with Crippen LogP contribution in [0.3, 0.4) is 0 Å². The smallest absolute Gasteiger partial charge is 0.0992 e. The Morgan fingerprint density at radius 2 is 1.95 bits per heavy atom. The molecule has 3 rings (SSSR count). The van der Waals surface area contributed by atoms with Crippen LogP contribution in [-0.4, -0.2) is 5.11 Å². The molecule has 0 amide bonds. The van der Waals surface area contributed by atoms with Crippen molar-refractivity contribution in [3.63, 3.8) is 0 Å². The summed E-state index contributed by atoms with van der Waals surface area (Å²) in [7, 11) is 0. The van der Waals surface area contributed by atoms with Gasteiger partial charge in [0.1, 0.15) is 0 Å². The van der Waals surface area contributed by atoms with Crippen molar-refractivity contribution < 1.29 is 5.11 Å². The molecule has 2 aromatic rings. The van der Waals surface area contributed by atoms with Gasteiger partial charge in [0.05, 0.1) is 17.7 Å². The molecule has 3 heteroatoms. The predicted octanol–water partition coefficient (Wildman–Crippen LogP) is 4.25. The third kappa shape index (κ3) is 2.97. The maximum absolute atomic E-state index is 9.90. The molecule has 0 bridgehead atoms. The quantitative estimate of drug-likeness (QED) is 0.920. The van der Waals surface area contributed by atoms with E-state index < -0.39 is 6.10 Å². The molecule has 1 aliphatic carbocycles. The number of aliphatic hydroxyl groups excluding tert-OH is 1. The summed E-state index contributed by atoms with van der Waals surface area (Å²) in [5.41, 5.74) is 4.40. The first-order valence-corrected chi connectivity index (χ1v) is 8.01. The summed E-state index contributed by atoms with van der Waals surface area (Å²) in [5.74, 6) is 0. The van der Waals surface area contributed by atoms with Gasteiger partial charge in [-0.1, -0.05) is 23.9 Å². The summed E-state index contributed by atoms with van der Waals surface area (Å²) < 4.78 is 0. The number of aliphatic hydroxyl groups is 1. The Kier molecular flexibility index (Phi) is 4.01. The molecular weight excluding hydrogens is 278 g/mol. The molecule has 0 saturated heterocycles. The lowest BCUT2D eigenvalue weighted by molar-refractivity contribution is 0.196. The fourth-order valence-corrected chi connectivity index (χ4v) is 3.91. The maximum atomic E-state index is 9.90. The Labute approximate surface area is 129 Å². The molecule has 2 aromatic carbocycles. The zero-order chi connectivity index (χ0) is 14.8. The van der Waals surface area contributed by atoms with Crippen LogP contribution in [0, 0.1) is 11.3 Å². The van der Waals surface area contributed by atoms with Crippen LogP contribution in [0.2, 0.25) is 0 Å². The lowest BCUT2D eigenvalue weighted by Gasteiger charge is -2.12. The molecule has 1 aliphatic rings. The van der Waals surface area contributed by atoms with Crippen LogP contribution in [0.25, 0.3) is 0 Å². The molecule has 2 nitrogen and oxygen atoms in total. The predicted molar refractivity (Wildman–Crippen MR) is 84.4 cm³/mol. The van der Waals surface area contributed by atoms with E-state index in [0.717, 1.165) is 16.9 Å². The Bertz CT molecular complexity index is 716. The van der Waals surface area contributed by atoms with Crippen molar-refractivity contribution in [2.75, 3.05) is 0 Å². The first-order chi connectivity index (χ1) is 10.2. The summed E-state index contributed by atoms with van der Waals surface area (Å²) in [4.78, 5) is 2.13. The third-order valence-corrected chi connectivity index (χ3v) is 4.95. The Morgan fingerprint density at radius 3 is 2.71 bits per heavy atom. The number of fused-ring (bicyclic) bond motifs is 1. The number of nitrogens with zero attached hydrogens (tertiary/aromatic N) is 1. The van der Waals surface area contributed by atoms with Gasteiger partial charge in [0.2, 0.25) is 0 Å². The first-order valence-electron chi connectivity index (χ1n) is 7.19. The molecule has 1 atom stereocenters. The summed E-state index contributed by atoms with van der Waals surface area (Å²) in [6.45, 7) is 1.76. The zero-order valence-corrected chi connectivity index (χ0v) is 12.8. The lowest BCUT2D eigenvalue weighted by atomic mass is 10.1. The van der Waals surface area contributed by atoms with E-state index >= 15 is 0 Å². The van der Waals surface area contributed by atoms with Gasteiger partial charge in [0.25, 0.3) is 0 Å². The van der Waals surface area contributed by atoms with E-state index in [2.05, 4.69) is 24.3 Å². The summed E-state index contributed by atoms with van der Waals surface area (Å²) in [6, 6.07) is 14.2. The minimum absolute atomic E-state index is 0.533. The largest absolute Gasteiger partial charge is 0.389 e. The Balaban J connectivity index is 1.95. The van der Waals surface area contributed by atoms with Crippen LogP contribution < -0.4 is 0 Å². The van der Waals surface area contributed by atoms with Gasteiger partial charge in [-0.05, 0) is 67.1 Å². The SMILES string of the molecule is C[C@H](O)c1ccc(C#N)cc1Sc1ccc2c(c1)CCC2. The molecule has 0 heterocycles. The number of nitriles is 1. The van der Waals surface area contributed by atoms with E-state index in [4.69, 9.17) is 5.26 Å². The number of benzene rings is 2. The van der Waals surface area contributed by atoms with Gasteiger partial charge in [0, 0.05) is 9.79 Å². The Hall–Kier alpha value is -1.76. The van der Waals surface area contributed by atoms with Gasteiger partial charge in [0.15, 0.2) is 0 Å². The Morgan fingerprint density at radius 1 is 1.14 bits per heavy atom. The molecule has 0 aliphatic heterocycles. The van der Waals surface area contributed by atoms with E-state index in [0.29, 0.717) is 5.56 Å². The van der Waals surface area contributed by atoms with Crippen molar-refractivity contribution in [2.24, 2.45) is 0 Å². The molecule has 1 N–H and O–H groups in total. The van der Waals surface area contributed by atoms with Crippen LogP contribution in [0.15, 0.2) is 46.2 Å². The first kappa shape index (κ1) is 14.2. The second-order valence-electron chi connectivity index (χ2n) is 5.43. The molecule has 0 unspecified atom stereocenters. The molecule has 21 heavy (non-hydrogen) atoms. The summed E-state index contributed by atoms with van der Waals surface area (Å²) in [5, 5.41) is 19.0. The van der Waals surface area contributed by atoms with Crippen molar-refractivity contribution in [1.82, 2.24) is 0 Å². The highest BCUT2D eigenvalue weighted by Crippen LogP contribution is 2.36. The lowest BCUT2D eigenvalue weighted by Crippen LogP contribution is -1.95. The minimum atomic E-state index is -0.533. The standard InChI is InChI=1S/C18H17NOS/c1-12(20)17-8-5-13(11-19)9-18(17)21-16-7-6-14-3-2-4-15(14)10-16/h5-10,12,20H,2-4H2,1H3/t12-/m0/s1. The van der Waals surface area contributed by atoms with Crippen LogP contribution in [0.4, 0.5) is 0 Å². The summed E-state index contributed by atoms with van der Waals surface area (Å²) in [6.07, 6.45) is 3.05. The van der Waals surface area contributed by atoms with E-state index in [1.165, 1.54) is 28.9 Å². The van der Waals surface area contributed by atoms with Crippen LogP contribution in [0.5, 0.6) is 0 Å². The van der Waals surface area contributed by atoms with E-state index in [9.17, 15) is 5.11 Å². The molecule has 0 fully saturated rings. The van der Waals surface area contributed by atoms with Gasteiger partial charge >= 0.3 is 0 Å². The minimum Gasteiger partial charge on any atom is -0.389 e. The zero-order valence-electron chi connectivity index (χ0n) is 12.0. The van der Waals surface area contributed by atoms with E-state index in [-0.39, 0.29) is 0 Å². The summed E-state index contributed by atoms with van der Waals surface area (Å²) >= 11 is 1.63. The number of hydrogen-bond donors (Lipinski definition) is 1. The van der Waals surface area contributed by atoms with E-state index in [1.54, 1.807) is 24.8 Å². The second-order valence-corrected chi connectivity index (χ2v) is 6.54. The normalized spacial score (nSPS) is 14.5. The van der Waals surface area contributed by atoms with Crippen molar-refractivity contribution in [3.8, 4) is 6.07 Å². The van der Waals surface area contributed by atoms with Crippen molar-refractivity contribution in [2.45, 2.75) is 42.1 Å². The average molecular weight is 295 g/mol. The molecule has 0 aromatic heterocycles. The second kappa shape index (κ2) is 5.93. The monoisotopic (exact) mass is 295 g/mol. The molecule has 0 saturated carbocycles. The molecule has 0 spiro atoms. The highest BCUT2D eigenvalue weighted by atomic mass is 32.2. The van der Waals surface area contributed by atoms with Gasteiger partial charge < -0.3 is 5.11 Å². The van der Waals surface area contributed by atoms with Gasteiger partial charge in [-0.25, -0.2) is 0 Å². The van der Waals surface area contributed by atoms with Crippen molar-refractivity contribution in [3.05, 3.63) is 58.7 Å². The van der Waals surface area contributed by atoms with Crippen LogP contribution >= 0.6 is 11.8 Å². The maximum Gasteiger partial charge on any atom is 0.0992 e. The van der Waals surface area contributed by atoms with Crippen LogP contribution in [0.1, 0.15) is 41.7 Å². The van der Waals surface area contributed by atoms with E-state index in [1.807, 2.05) is 12.1 Å². The fraction of sp³-hybridized carbons (Fsp3) is 0.278. The fourth-order valence-electron chi connectivity index (χ4n) is 2.78. The highest BCUT2D eigenvalue weighted by Gasteiger charge is 2.14. The topological polar surface area (TPSA) is 44.0 Å². The molecule has 0 radical (unpaired) electrons. The van der Waals surface area contributed by atoms with Crippen molar-refractivity contribution >= 4 is 11.8 Å². The average Bonchev–Trinajstić information content (AvgIpc) is 2.94. The van der Waals surface area contributed by atoms with Gasteiger partial charge in [-0.2, -0.15) is 5.26 Å². The highest BCUT2D eigenvalue weighted by molar-refractivity contribution is 7.99. The molecule has 106 valence electrons. The third-order valence-electron chi connectivity index (χ3n) is 3.89. The van der Waals surface area contributed by atoms with Gasteiger partial charge in [-0.15, -0.1) is 0 Å². The number of rotatable bonds is 3. The number of aryl methyl sites for hydroxylation is 2. The molecular formula is C18H17NOS. The number of hydrogen-bond acceptors (Lipinski definition) is 3. The van der Waals surface area contributed by atoms with Crippen molar-refractivity contribution in [1.29, 1.82) is 5.26 Å².